The molecule has 0 radical (unpaired) electrons. The number of aryl methyl sites for hydroxylation is 2. The van der Waals surface area contributed by atoms with E-state index in [2.05, 4.69) is 43.9 Å². The van der Waals surface area contributed by atoms with Crippen LogP contribution in [0.4, 0.5) is 0 Å². The van der Waals surface area contributed by atoms with Gasteiger partial charge in [-0.1, -0.05) is 36.2 Å². The van der Waals surface area contributed by atoms with E-state index in [1.54, 1.807) is 0 Å². The van der Waals surface area contributed by atoms with Crippen molar-refractivity contribution in [2.24, 2.45) is 5.92 Å². The van der Waals surface area contributed by atoms with Gasteiger partial charge in [0, 0.05) is 6.54 Å². The first-order valence-electron chi connectivity index (χ1n) is 7.03. The van der Waals surface area contributed by atoms with Crippen molar-refractivity contribution in [3.05, 3.63) is 34.9 Å². The lowest BCUT2D eigenvalue weighted by Gasteiger charge is -2.31. The smallest absolute Gasteiger partial charge is 0.0917 e. The van der Waals surface area contributed by atoms with Crippen molar-refractivity contribution in [2.45, 2.75) is 39.7 Å². The molecule has 1 saturated heterocycles. The van der Waals surface area contributed by atoms with Crippen molar-refractivity contribution in [1.82, 2.24) is 4.90 Å². The quantitative estimate of drug-likeness (QED) is 0.887. The van der Waals surface area contributed by atoms with E-state index in [1.807, 2.05) is 0 Å². The van der Waals surface area contributed by atoms with Crippen LogP contribution in [0.3, 0.4) is 0 Å². The summed E-state index contributed by atoms with van der Waals surface area (Å²) in [6, 6.07) is 6.35. The Balaban J connectivity index is 1.96. The molecular weight excluding hydrogens is 222 g/mol. The molecule has 100 valence electrons. The first kappa shape index (κ1) is 13.6. The molecule has 18 heavy (non-hydrogen) atoms. The number of likely N-dealkylation sites (tertiary alicyclic amines) is 1. The summed E-state index contributed by atoms with van der Waals surface area (Å²) in [5.74, 6) is 0.847. The first-order valence-corrected chi connectivity index (χ1v) is 7.03. The Morgan fingerprint density at radius 3 is 2.28 bits per heavy atom. The van der Waals surface area contributed by atoms with E-state index >= 15 is 0 Å². The Morgan fingerprint density at radius 2 is 1.72 bits per heavy atom. The maximum atomic E-state index is 10.3. The van der Waals surface area contributed by atoms with E-state index < -0.39 is 0 Å². The van der Waals surface area contributed by atoms with Gasteiger partial charge in [-0.05, 0) is 51.3 Å². The number of benzene rings is 1. The molecular formula is C16H25NO. The fraction of sp³-hybridized carbons (Fsp3) is 0.625. The van der Waals surface area contributed by atoms with Crippen LogP contribution in [-0.4, -0.2) is 29.6 Å². The van der Waals surface area contributed by atoms with Crippen molar-refractivity contribution < 1.29 is 5.11 Å². The lowest BCUT2D eigenvalue weighted by Crippen LogP contribution is -2.36. The molecule has 0 bridgehead atoms. The highest BCUT2D eigenvalue weighted by atomic mass is 16.3. The number of rotatable bonds is 3. The molecule has 0 aromatic heterocycles. The van der Waals surface area contributed by atoms with Crippen LogP contribution in [0.15, 0.2) is 18.2 Å². The molecule has 0 saturated carbocycles. The number of hydrogen-bond acceptors (Lipinski definition) is 2. The molecule has 1 unspecified atom stereocenters. The van der Waals surface area contributed by atoms with E-state index in [1.165, 1.54) is 24.0 Å². The Kier molecular flexibility index (Phi) is 4.41. The maximum Gasteiger partial charge on any atom is 0.0917 e. The summed E-state index contributed by atoms with van der Waals surface area (Å²) in [6.07, 6.45) is 2.18. The lowest BCUT2D eigenvalue weighted by molar-refractivity contribution is 0.0915. The molecule has 1 atom stereocenters. The Morgan fingerprint density at radius 1 is 1.17 bits per heavy atom. The van der Waals surface area contributed by atoms with Gasteiger partial charge in [0.05, 0.1) is 6.10 Å². The van der Waals surface area contributed by atoms with E-state index in [0.29, 0.717) is 0 Å². The number of piperidine rings is 1. The number of aliphatic hydroxyl groups is 1. The van der Waals surface area contributed by atoms with Gasteiger partial charge in [-0.2, -0.15) is 0 Å². The predicted octanol–water partition coefficient (Wildman–Crippen LogP) is 3.07. The van der Waals surface area contributed by atoms with Crippen molar-refractivity contribution in [3.8, 4) is 0 Å². The third kappa shape index (κ3) is 3.56. The summed E-state index contributed by atoms with van der Waals surface area (Å²) in [5.41, 5.74) is 3.53. The number of nitrogens with zero attached hydrogens (tertiary/aromatic N) is 1. The highest BCUT2D eigenvalue weighted by Crippen LogP contribution is 2.21. The van der Waals surface area contributed by atoms with Crippen LogP contribution in [0.1, 0.15) is 42.6 Å². The molecule has 1 aliphatic rings. The largest absolute Gasteiger partial charge is 0.387 e. The van der Waals surface area contributed by atoms with Gasteiger partial charge in [-0.15, -0.1) is 0 Å². The number of hydrogen-bond donors (Lipinski definition) is 1. The highest BCUT2D eigenvalue weighted by Gasteiger charge is 2.19. The van der Waals surface area contributed by atoms with Crippen LogP contribution >= 0.6 is 0 Å². The third-order valence-corrected chi connectivity index (χ3v) is 3.94. The summed E-state index contributed by atoms with van der Waals surface area (Å²) in [4.78, 5) is 2.39. The van der Waals surface area contributed by atoms with Crippen LogP contribution in [-0.2, 0) is 0 Å². The van der Waals surface area contributed by atoms with Crippen molar-refractivity contribution >= 4 is 0 Å². The topological polar surface area (TPSA) is 23.5 Å². The second kappa shape index (κ2) is 5.85. The summed E-state index contributed by atoms with van der Waals surface area (Å²) in [7, 11) is 0. The summed E-state index contributed by atoms with van der Waals surface area (Å²) >= 11 is 0. The van der Waals surface area contributed by atoms with Gasteiger partial charge in [-0.3, -0.25) is 0 Å². The zero-order chi connectivity index (χ0) is 13.1. The fourth-order valence-corrected chi connectivity index (χ4v) is 2.80. The van der Waals surface area contributed by atoms with Crippen LogP contribution in [0.25, 0.3) is 0 Å². The lowest BCUT2D eigenvalue weighted by atomic mass is 9.98. The summed E-state index contributed by atoms with van der Waals surface area (Å²) < 4.78 is 0. The van der Waals surface area contributed by atoms with Crippen LogP contribution in [0.5, 0.6) is 0 Å². The molecule has 2 nitrogen and oxygen atoms in total. The van der Waals surface area contributed by atoms with Crippen molar-refractivity contribution in [3.63, 3.8) is 0 Å². The molecule has 1 aromatic rings. The van der Waals surface area contributed by atoms with Crippen LogP contribution < -0.4 is 0 Å². The van der Waals surface area contributed by atoms with E-state index in [-0.39, 0.29) is 6.10 Å². The predicted molar refractivity (Wildman–Crippen MR) is 75.7 cm³/mol. The molecule has 0 spiro atoms. The molecule has 2 rings (SSSR count). The monoisotopic (exact) mass is 247 g/mol. The molecule has 1 aliphatic heterocycles. The van der Waals surface area contributed by atoms with Crippen molar-refractivity contribution in [1.29, 1.82) is 0 Å². The van der Waals surface area contributed by atoms with Gasteiger partial charge < -0.3 is 10.0 Å². The zero-order valence-electron chi connectivity index (χ0n) is 11.8. The second-order valence-electron chi connectivity index (χ2n) is 5.92. The Labute approximate surface area is 111 Å². The molecule has 1 N–H and O–H groups in total. The van der Waals surface area contributed by atoms with E-state index in [9.17, 15) is 5.11 Å². The highest BCUT2D eigenvalue weighted by molar-refractivity contribution is 5.30. The van der Waals surface area contributed by atoms with E-state index in [4.69, 9.17) is 0 Å². The molecule has 1 fully saturated rings. The fourth-order valence-electron chi connectivity index (χ4n) is 2.80. The Bertz CT molecular complexity index is 374. The van der Waals surface area contributed by atoms with Gasteiger partial charge in [0.15, 0.2) is 0 Å². The summed E-state index contributed by atoms with van der Waals surface area (Å²) in [5, 5.41) is 10.3. The van der Waals surface area contributed by atoms with Crippen molar-refractivity contribution in [2.75, 3.05) is 19.6 Å². The minimum absolute atomic E-state index is 0.350. The summed E-state index contributed by atoms with van der Waals surface area (Å²) in [6.45, 7) is 9.52. The average Bonchev–Trinajstić information content (AvgIpc) is 2.31. The average molecular weight is 247 g/mol. The van der Waals surface area contributed by atoms with Gasteiger partial charge >= 0.3 is 0 Å². The van der Waals surface area contributed by atoms with Gasteiger partial charge in [0.25, 0.3) is 0 Å². The van der Waals surface area contributed by atoms with Crippen LogP contribution in [0, 0.1) is 19.8 Å². The minimum Gasteiger partial charge on any atom is -0.387 e. The number of β-amino-alcohol motifs (C(OH)–C–C–N with tert-alkyl or cyclic N) is 1. The second-order valence-corrected chi connectivity index (χ2v) is 5.92. The molecule has 0 aliphatic carbocycles. The maximum absolute atomic E-state index is 10.3. The SMILES string of the molecule is Cc1cc(C)cc(C(O)CN2CCC(C)CC2)c1. The molecule has 2 heteroatoms. The standard InChI is InChI=1S/C16H25NO/c1-12-4-6-17(7-5-12)11-16(18)15-9-13(2)8-14(3)10-15/h8-10,12,16,18H,4-7,11H2,1-3H3. The normalized spacial score (nSPS) is 20.0. The molecule has 0 amide bonds. The van der Waals surface area contributed by atoms with Crippen LogP contribution in [0.2, 0.25) is 0 Å². The first-order chi connectivity index (χ1) is 8.54. The zero-order valence-corrected chi connectivity index (χ0v) is 11.8. The van der Waals surface area contributed by atoms with Gasteiger partial charge in [-0.25, -0.2) is 0 Å². The number of aliphatic hydroxyl groups excluding tert-OH is 1. The van der Waals surface area contributed by atoms with E-state index in [0.717, 1.165) is 31.1 Å². The minimum atomic E-state index is -0.350. The molecule has 1 heterocycles. The Hall–Kier alpha value is -0.860. The third-order valence-electron chi connectivity index (χ3n) is 3.94. The van der Waals surface area contributed by atoms with Gasteiger partial charge in [0.1, 0.15) is 0 Å². The molecule has 1 aromatic carbocycles. The van der Waals surface area contributed by atoms with Gasteiger partial charge in [0.2, 0.25) is 0 Å².